The number of fused-ring (bicyclic) bond motifs is 1. The number of amides is 2. The second-order valence-corrected chi connectivity index (χ2v) is 7.81. The molecule has 0 unspecified atom stereocenters. The summed E-state index contributed by atoms with van der Waals surface area (Å²) in [6.07, 6.45) is -3.48. The molecule has 1 saturated heterocycles. The molecule has 30 heavy (non-hydrogen) atoms. The molecule has 0 aromatic heterocycles. The van der Waals surface area contributed by atoms with Crippen LogP contribution in [0.25, 0.3) is 0 Å². The van der Waals surface area contributed by atoms with Crippen molar-refractivity contribution in [2.45, 2.75) is 32.0 Å². The summed E-state index contributed by atoms with van der Waals surface area (Å²) in [5, 5.41) is 8.95. The van der Waals surface area contributed by atoms with Gasteiger partial charge in [0.1, 0.15) is 5.82 Å². The quantitative estimate of drug-likeness (QED) is 0.452. The number of rotatable bonds is 3. The third kappa shape index (κ3) is 3.32. The molecular formula is C21H18F4N2O3. The van der Waals surface area contributed by atoms with E-state index in [4.69, 9.17) is 5.21 Å². The normalized spacial score (nSPS) is 20.7. The molecule has 1 aliphatic heterocycles. The van der Waals surface area contributed by atoms with Crippen molar-refractivity contribution in [2.24, 2.45) is 5.41 Å². The van der Waals surface area contributed by atoms with Crippen LogP contribution in [0.3, 0.4) is 0 Å². The third-order valence-electron chi connectivity index (χ3n) is 5.98. The minimum absolute atomic E-state index is 0.00989. The topological polar surface area (TPSA) is 69.6 Å². The third-order valence-corrected chi connectivity index (χ3v) is 5.98. The molecule has 1 fully saturated rings. The zero-order valence-corrected chi connectivity index (χ0v) is 15.7. The van der Waals surface area contributed by atoms with Crippen LogP contribution in [0.2, 0.25) is 0 Å². The van der Waals surface area contributed by atoms with E-state index in [-0.39, 0.29) is 18.0 Å². The van der Waals surface area contributed by atoms with Gasteiger partial charge in [-0.3, -0.25) is 14.8 Å². The fourth-order valence-corrected chi connectivity index (χ4v) is 4.53. The Morgan fingerprint density at radius 2 is 1.97 bits per heavy atom. The lowest BCUT2D eigenvalue weighted by atomic mass is 9.83. The lowest BCUT2D eigenvalue weighted by molar-refractivity contribution is -0.140. The van der Waals surface area contributed by atoms with E-state index >= 15 is 0 Å². The Kier molecular flexibility index (Phi) is 4.80. The molecule has 4 rings (SSSR count). The van der Waals surface area contributed by atoms with E-state index in [9.17, 15) is 27.2 Å². The molecule has 0 radical (unpaired) electrons. The van der Waals surface area contributed by atoms with Gasteiger partial charge in [-0.2, -0.15) is 13.2 Å². The second kappa shape index (κ2) is 7.09. The van der Waals surface area contributed by atoms with Crippen LogP contribution in [0.5, 0.6) is 0 Å². The zero-order valence-electron chi connectivity index (χ0n) is 15.7. The minimum atomic E-state index is -4.77. The van der Waals surface area contributed by atoms with Crippen molar-refractivity contribution in [3.05, 3.63) is 70.0 Å². The number of likely N-dealkylation sites (tertiary alicyclic amines) is 1. The highest BCUT2D eigenvalue weighted by Crippen LogP contribution is 2.46. The van der Waals surface area contributed by atoms with Crippen molar-refractivity contribution in [3.8, 4) is 0 Å². The zero-order chi connectivity index (χ0) is 21.7. The summed E-state index contributed by atoms with van der Waals surface area (Å²) in [4.78, 5) is 26.6. The fraction of sp³-hybridized carbons (Fsp3) is 0.333. The van der Waals surface area contributed by atoms with Crippen molar-refractivity contribution < 1.29 is 32.4 Å². The monoisotopic (exact) mass is 422 g/mol. The maximum atomic E-state index is 13.9. The van der Waals surface area contributed by atoms with Crippen LogP contribution in [-0.4, -0.2) is 28.5 Å². The van der Waals surface area contributed by atoms with Crippen LogP contribution < -0.4 is 5.48 Å². The smallest absolute Gasteiger partial charge is 0.338 e. The van der Waals surface area contributed by atoms with Crippen molar-refractivity contribution in [3.63, 3.8) is 0 Å². The number of hydrogen-bond donors (Lipinski definition) is 2. The highest BCUT2D eigenvalue weighted by atomic mass is 19.4. The number of hydrogen-bond acceptors (Lipinski definition) is 3. The lowest BCUT2D eigenvalue weighted by Crippen LogP contribution is -2.35. The first-order chi connectivity index (χ1) is 14.1. The van der Waals surface area contributed by atoms with Gasteiger partial charge in [-0.05, 0) is 54.2 Å². The summed E-state index contributed by atoms with van der Waals surface area (Å²) in [5.41, 5.74) is 1.69. The highest BCUT2D eigenvalue weighted by molar-refractivity contribution is 5.96. The Labute approximate surface area is 169 Å². The Hall–Kier alpha value is -2.94. The summed E-state index contributed by atoms with van der Waals surface area (Å²) in [5.74, 6) is -2.19. The maximum absolute atomic E-state index is 13.9. The first kappa shape index (κ1) is 20.3. The van der Waals surface area contributed by atoms with E-state index in [1.807, 2.05) is 6.07 Å². The standard InChI is InChI=1S/C21H18F4N2O3/c22-17-8-12(4-5-16(17)21(23,24)25)11-27-7-6-20(19(27)29)9-13-2-1-3-14(15(13)10-20)18(28)26-30/h1-5,8,30H,6-7,9-11H2,(H,26,28)/t20-/m0/s1. The van der Waals surface area contributed by atoms with E-state index in [1.54, 1.807) is 17.6 Å². The van der Waals surface area contributed by atoms with Crippen molar-refractivity contribution in [1.29, 1.82) is 0 Å². The van der Waals surface area contributed by atoms with E-state index in [0.29, 0.717) is 43.0 Å². The predicted molar refractivity (Wildman–Crippen MR) is 97.0 cm³/mol. The van der Waals surface area contributed by atoms with Gasteiger partial charge in [0, 0.05) is 18.7 Å². The molecule has 2 aromatic carbocycles. The number of alkyl halides is 3. The van der Waals surface area contributed by atoms with Gasteiger partial charge < -0.3 is 4.90 Å². The Balaban J connectivity index is 1.54. The summed E-state index contributed by atoms with van der Waals surface area (Å²) in [7, 11) is 0. The number of nitrogens with zero attached hydrogens (tertiary/aromatic N) is 1. The molecule has 2 aliphatic rings. The number of carbonyl (C=O) groups excluding carboxylic acids is 2. The van der Waals surface area contributed by atoms with Gasteiger partial charge >= 0.3 is 6.18 Å². The Morgan fingerprint density at radius 3 is 2.63 bits per heavy atom. The molecule has 2 aromatic rings. The fourth-order valence-electron chi connectivity index (χ4n) is 4.53. The first-order valence-corrected chi connectivity index (χ1v) is 9.35. The summed E-state index contributed by atoms with van der Waals surface area (Å²) >= 11 is 0. The van der Waals surface area contributed by atoms with Gasteiger partial charge in [-0.15, -0.1) is 0 Å². The number of carbonyl (C=O) groups is 2. The summed E-state index contributed by atoms with van der Waals surface area (Å²) in [6.45, 7) is 0.396. The Morgan fingerprint density at radius 1 is 1.20 bits per heavy atom. The molecule has 1 heterocycles. The second-order valence-electron chi connectivity index (χ2n) is 7.81. The molecular weight excluding hydrogens is 404 g/mol. The van der Waals surface area contributed by atoms with Crippen LogP contribution in [0.4, 0.5) is 17.6 Å². The van der Waals surface area contributed by atoms with Crippen LogP contribution >= 0.6 is 0 Å². The van der Waals surface area contributed by atoms with Crippen LogP contribution in [-0.2, 0) is 30.4 Å². The first-order valence-electron chi connectivity index (χ1n) is 9.35. The van der Waals surface area contributed by atoms with E-state index in [0.717, 1.165) is 11.6 Å². The molecule has 1 spiro atoms. The summed E-state index contributed by atoms with van der Waals surface area (Å²) < 4.78 is 52.1. The molecule has 1 atom stereocenters. The molecule has 0 saturated carbocycles. The number of halogens is 4. The van der Waals surface area contributed by atoms with E-state index in [2.05, 4.69) is 0 Å². The SMILES string of the molecule is O=C(NO)c1cccc2c1C[C@]1(CCN(Cc3ccc(C(F)(F)F)c(F)c3)C1=O)C2. The molecule has 5 nitrogen and oxygen atoms in total. The number of hydroxylamine groups is 1. The summed E-state index contributed by atoms with van der Waals surface area (Å²) in [6, 6.07) is 7.77. The molecule has 2 amide bonds. The average Bonchev–Trinajstić information content (AvgIpc) is 3.21. The molecule has 158 valence electrons. The van der Waals surface area contributed by atoms with Crippen molar-refractivity contribution in [2.75, 3.05) is 6.54 Å². The Bertz CT molecular complexity index is 1040. The maximum Gasteiger partial charge on any atom is 0.419 e. The van der Waals surface area contributed by atoms with Crippen LogP contribution in [0.1, 0.15) is 39.0 Å². The van der Waals surface area contributed by atoms with Gasteiger partial charge in [0.2, 0.25) is 5.91 Å². The number of nitrogens with one attached hydrogen (secondary N) is 1. The van der Waals surface area contributed by atoms with Crippen LogP contribution in [0, 0.1) is 11.2 Å². The lowest BCUT2D eigenvalue weighted by Gasteiger charge is -2.23. The average molecular weight is 422 g/mol. The van der Waals surface area contributed by atoms with E-state index < -0.39 is 28.9 Å². The van der Waals surface area contributed by atoms with Crippen molar-refractivity contribution in [1.82, 2.24) is 10.4 Å². The molecule has 2 N–H and O–H groups in total. The molecule has 9 heteroatoms. The van der Waals surface area contributed by atoms with Gasteiger partial charge in [0.25, 0.3) is 5.91 Å². The van der Waals surface area contributed by atoms with Crippen LogP contribution in [0.15, 0.2) is 36.4 Å². The highest BCUT2D eigenvalue weighted by Gasteiger charge is 2.50. The number of benzene rings is 2. The largest absolute Gasteiger partial charge is 0.419 e. The van der Waals surface area contributed by atoms with Crippen molar-refractivity contribution >= 4 is 11.8 Å². The van der Waals surface area contributed by atoms with Gasteiger partial charge in [0.15, 0.2) is 0 Å². The van der Waals surface area contributed by atoms with E-state index in [1.165, 1.54) is 11.0 Å². The van der Waals surface area contributed by atoms with Gasteiger partial charge in [0.05, 0.1) is 11.0 Å². The predicted octanol–water partition coefficient (Wildman–Crippen LogP) is 3.48. The van der Waals surface area contributed by atoms with Gasteiger partial charge in [-0.25, -0.2) is 9.87 Å². The molecule has 1 aliphatic carbocycles. The minimum Gasteiger partial charge on any atom is -0.338 e. The van der Waals surface area contributed by atoms with Gasteiger partial charge in [-0.1, -0.05) is 18.2 Å². The molecule has 0 bridgehead atoms.